The van der Waals surface area contributed by atoms with Crippen LogP contribution in [0.1, 0.15) is 33.6 Å². The standard InChI is InChI=1S/C17H23N3O3/c1-19-8-2-3-14(19)15-11-23-10-9-20(15)17(22)13-6-4-12(5-7-13)16(18)21/h4-7,14-15H,2-3,8-11H2,1H3,(H2,18,21). The van der Waals surface area contributed by atoms with Crippen molar-refractivity contribution in [2.24, 2.45) is 5.73 Å². The van der Waals surface area contributed by atoms with Gasteiger partial charge in [-0.05, 0) is 50.7 Å². The lowest BCUT2D eigenvalue weighted by Gasteiger charge is -2.41. The molecule has 2 atom stereocenters. The molecular weight excluding hydrogens is 294 g/mol. The van der Waals surface area contributed by atoms with Crippen LogP contribution in [0.4, 0.5) is 0 Å². The summed E-state index contributed by atoms with van der Waals surface area (Å²) < 4.78 is 5.63. The third-order valence-electron chi connectivity index (χ3n) is 4.86. The zero-order chi connectivity index (χ0) is 16.4. The molecule has 2 aliphatic heterocycles. The number of nitrogens with two attached hydrogens (primary N) is 1. The minimum absolute atomic E-state index is 0.00498. The van der Waals surface area contributed by atoms with Gasteiger partial charge in [0, 0.05) is 23.7 Å². The second-order valence-corrected chi connectivity index (χ2v) is 6.27. The van der Waals surface area contributed by atoms with Crippen molar-refractivity contribution < 1.29 is 14.3 Å². The van der Waals surface area contributed by atoms with Crippen LogP contribution in [0.25, 0.3) is 0 Å². The van der Waals surface area contributed by atoms with Gasteiger partial charge >= 0.3 is 0 Å². The summed E-state index contributed by atoms with van der Waals surface area (Å²) in [6, 6.07) is 6.99. The van der Waals surface area contributed by atoms with E-state index in [0.29, 0.717) is 36.9 Å². The van der Waals surface area contributed by atoms with Gasteiger partial charge in [0.05, 0.1) is 19.3 Å². The number of hydrogen-bond donors (Lipinski definition) is 1. The molecule has 3 rings (SSSR count). The summed E-state index contributed by atoms with van der Waals surface area (Å²) in [6.45, 7) is 2.82. The second-order valence-electron chi connectivity index (χ2n) is 6.27. The summed E-state index contributed by atoms with van der Waals surface area (Å²) in [5.74, 6) is -0.490. The first-order chi connectivity index (χ1) is 11.1. The highest BCUT2D eigenvalue weighted by Crippen LogP contribution is 2.25. The number of likely N-dealkylation sites (N-methyl/N-ethyl adjacent to an activating group) is 1. The minimum Gasteiger partial charge on any atom is -0.377 e. The van der Waals surface area contributed by atoms with E-state index in [1.54, 1.807) is 24.3 Å². The number of ether oxygens (including phenoxy) is 1. The predicted octanol–water partition coefficient (Wildman–Crippen LogP) is 0.721. The van der Waals surface area contributed by atoms with Gasteiger partial charge in [0.15, 0.2) is 0 Å². The molecule has 23 heavy (non-hydrogen) atoms. The number of amides is 2. The molecule has 0 saturated carbocycles. The molecule has 0 aromatic heterocycles. The molecule has 2 saturated heterocycles. The van der Waals surface area contributed by atoms with Gasteiger partial charge in [-0.25, -0.2) is 0 Å². The number of rotatable bonds is 3. The van der Waals surface area contributed by atoms with Gasteiger partial charge in [-0.1, -0.05) is 0 Å². The number of morpholine rings is 1. The Morgan fingerprint density at radius 2 is 1.83 bits per heavy atom. The number of nitrogens with zero attached hydrogens (tertiary/aromatic N) is 2. The fraction of sp³-hybridized carbons (Fsp3) is 0.529. The van der Waals surface area contributed by atoms with Crippen LogP contribution in [0.5, 0.6) is 0 Å². The number of primary amides is 1. The van der Waals surface area contributed by atoms with Gasteiger partial charge in [0.1, 0.15) is 0 Å². The Hall–Kier alpha value is -1.92. The zero-order valence-corrected chi connectivity index (χ0v) is 13.4. The number of hydrogen-bond acceptors (Lipinski definition) is 4. The molecule has 6 heteroatoms. The quantitative estimate of drug-likeness (QED) is 0.891. The Morgan fingerprint density at radius 3 is 2.43 bits per heavy atom. The molecule has 0 spiro atoms. The molecular formula is C17H23N3O3. The van der Waals surface area contributed by atoms with Crippen LogP contribution >= 0.6 is 0 Å². The van der Waals surface area contributed by atoms with Crippen LogP contribution in [0, 0.1) is 0 Å². The fourth-order valence-corrected chi connectivity index (χ4v) is 3.56. The molecule has 2 amide bonds. The maximum Gasteiger partial charge on any atom is 0.254 e. The van der Waals surface area contributed by atoms with E-state index in [9.17, 15) is 9.59 Å². The van der Waals surface area contributed by atoms with E-state index >= 15 is 0 Å². The van der Waals surface area contributed by atoms with E-state index < -0.39 is 5.91 Å². The summed E-state index contributed by atoms with van der Waals surface area (Å²) in [6.07, 6.45) is 2.25. The lowest BCUT2D eigenvalue weighted by Crippen LogP contribution is -2.56. The van der Waals surface area contributed by atoms with Crippen molar-refractivity contribution >= 4 is 11.8 Å². The van der Waals surface area contributed by atoms with Gasteiger partial charge in [0.2, 0.25) is 5.91 Å². The molecule has 1 aromatic carbocycles. The predicted molar refractivity (Wildman–Crippen MR) is 86.3 cm³/mol. The van der Waals surface area contributed by atoms with Crippen molar-refractivity contribution in [2.75, 3.05) is 33.4 Å². The van der Waals surface area contributed by atoms with E-state index in [-0.39, 0.29) is 11.9 Å². The Morgan fingerprint density at radius 1 is 1.13 bits per heavy atom. The van der Waals surface area contributed by atoms with Crippen molar-refractivity contribution in [3.8, 4) is 0 Å². The monoisotopic (exact) mass is 317 g/mol. The third-order valence-corrected chi connectivity index (χ3v) is 4.86. The minimum atomic E-state index is -0.485. The first-order valence-electron chi connectivity index (χ1n) is 8.07. The maximum absolute atomic E-state index is 12.9. The maximum atomic E-state index is 12.9. The second kappa shape index (κ2) is 6.68. The van der Waals surface area contributed by atoms with Crippen LogP contribution in [0.2, 0.25) is 0 Å². The van der Waals surface area contributed by atoms with Gasteiger partial charge in [0.25, 0.3) is 5.91 Å². The Bertz CT molecular complexity index is 587. The topological polar surface area (TPSA) is 75.9 Å². The van der Waals surface area contributed by atoms with Gasteiger partial charge < -0.3 is 20.3 Å². The zero-order valence-electron chi connectivity index (χ0n) is 13.4. The molecule has 0 aliphatic carbocycles. The molecule has 124 valence electrons. The number of benzene rings is 1. The average Bonchev–Trinajstić information content (AvgIpc) is 3.00. The van der Waals surface area contributed by atoms with E-state index in [1.165, 1.54) is 0 Å². The molecule has 2 fully saturated rings. The summed E-state index contributed by atoms with van der Waals surface area (Å²) in [7, 11) is 2.11. The van der Waals surface area contributed by atoms with Crippen LogP contribution < -0.4 is 5.73 Å². The summed E-state index contributed by atoms with van der Waals surface area (Å²) >= 11 is 0. The summed E-state index contributed by atoms with van der Waals surface area (Å²) in [5.41, 5.74) is 6.24. The van der Waals surface area contributed by atoms with E-state index in [0.717, 1.165) is 19.4 Å². The van der Waals surface area contributed by atoms with Gasteiger partial charge in [-0.3, -0.25) is 9.59 Å². The molecule has 6 nitrogen and oxygen atoms in total. The number of carbonyl (C=O) groups excluding carboxylic acids is 2. The van der Waals surface area contributed by atoms with E-state index in [1.807, 2.05) is 4.90 Å². The molecule has 2 aliphatic rings. The molecule has 1 aromatic rings. The van der Waals surface area contributed by atoms with Crippen LogP contribution in [-0.2, 0) is 4.74 Å². The third kappa shape index (κ3) is 3.23. The van der Waals surface area contributed by atoms with E-state index in [2.05, 4.69) is 11.9 Å². The van der Waals surface area contributed by atoms with Crippen molar-refractivity contribution in [1.82, 2.24) is 9.80 Å². The van der Waals surface area contributed by atoms with Crippen LogP contribution in [0.15, 0.2) is 24.3 Å². The van der Waals surface area contributed by atoms with Crippen molar-refractivity contribution in [2.45, 2.75) is 24.9 Å². The number of likely N-dealkylation sites (tertiary alicyclic amines) is 1. The average molecular weight is 317 g/mol. The largest absolute Gasteiger partial charge is 0.377 e. The molecule has 0 radical (unpaired) electrons. The Balaban J connectivity index is 1.79. The first-order valence-corrected chi connectivity index (χ1v) is 8.07. The highest BCUT2D eigenvalue weighted by atomic mass is 16.5. The van der Waals surface area contributed by atoms with Gasteiger partial charge in [-0.2, -0.15) is 0 Å². The van der Waals surface area contributed by atoms with Crippen LogP contribution in [-0.4, -0.2) is 67.0 Å². The van der Waals surface area contributed by atoms with Crippen LogP contribution in [0.3, 0.4) is 0 Å². The van der Waals surface area contributed by atoms with Crippen molar-refractivity contribution in [3.63, 3.8) is 0 Å². The van der Waals surface area contributed by atoms with Gasteiger partial charge in [-0.15, -0.1) is 0 Å². The molecule has 2 heterocycles. The Labute approximate surface area is 136 Å². The summed E-state index contributed by atoms with van der Waals surface area (Å²) in [5, 5.41) is 0. The fourth-order valence-electron chi connectivity index (χ4n) is 3.56. The molecule has 2 N–H and O–H groups in total. The molecule has 2 unspecified atom stereocenters. The SMILES string of the molecule is CN1CCCC1C1COCCN1C(=O)c1ccc(C(N)=O)cc1. The first kappa shape index (κ1) is 16.0. The van der Waals surface area contributed by atoms with Crippen molar-refractivity contribution in [3.05, 3.63) is 35.4 Å². The normalized spacial score (nSPS) is 25.5. The lowest BCUT2D eigenvalue weighted by molar-refractivity contribution is -0.0233. The van der Waals surface area contributed by atoms with Crippen molar-refractivity contribution in [1.29, 1.82) is 0 Å². The lowest BCUT2D eigenvalue weighted by atomic mass is 10.0. The smallest absolute Gasteiger partial charge is 0.254 e. The Kier molecular flexibility index (Phi) is 4.63. The summed E-state index contributed by atoms with van der Waals surface area (Å²) in [4.78, 5) is 28.3. The highest BCUT2D eigenvalue weighted by Gasteiger charge is 2.37. The highest BCUT2D eigenvalue weighted by molar-refractivity contribution is 5.97. The van der Waals surface area contributed by atoms with E-state index in [4.69, 9.17) is 10.5 Å². The molecule has 0 bridgehead atoms. The number of carbonyl (C=O) groups is 2.